The number of carbonyl (C=O) groups excluding carboxylic acids is 1. The Morgan fingerprint density at radius 1 is 1.47 bits per heavy atom. The second-order valence-corrected chi connectivity index (χ2v) is 5.30. The van der Waals surface area contributed by atoms with Crippen molar-refractivity contribution in [2.75, 3.05) is 0 Å². The smallest absolute Gasteiger partial charge is 0.142 e. The third-order valence-corrected chi connectivity index (χ3v) is 2.38. The minimum Gasteiger partial charge on any atom is -0.299 e. The summed E-state index contributed by atoms with van der Waals surface area (Å²) in [4.78, 5) is 10.2. The third kappa shape index (κ3) is 4.78. The highest BCUT2D eigenvalue weighted by Crippen LogP contribution is 2.28. The summed E-state index contributed by atoms with van der Waals surface area (Å²) in [5.74, 6) is 0.402. The lowest BCUT2D eigenvalue weighted by molar-refractivity contribution is -0.104. The van der Waals surface area contributed by atoms with Gasteiger partial charge in [0, 0.05) is 0 Å². The van der Waals surface area contributed by atoms with E-state index in [9.17, 15) is 4.79 Å². The van der Waals surface area contributed by atoms with E-state index in [1.165, 1.54) is 5.57 Å². The van der Waals surface area contributed by atoms with Gasteiger partial charge in [0.1, 0.15) is 6.29 Å². The summed E-state index contributed by atoms with van der Waals surface area (Å²) in [5.41, 5.74) is 1.76. The molecule has 82 valence electrons. The molecule has 1 aliphatic carbocycles. The highest BCUT2D eigenvalue weighted by atomic mass is 16.1. The van der Waals surface area contributed by atoms with E-state index in [4.69, 9.17) is 0 Å². The molecule has 0 amide bonds. The molecule has 1 atom stereocenters. The maximum atomic E-state index is 10.2. The molecule has 0 aliphatic heterocycles. The summed E-state index contributed by atoms with van der Waals surface area (Å²) < 4.78 is 0. The number of rotatable bonds is 3. The van der Waals surface area contributed by atoms with E-state index in [1.807, 2.05) is 6.08 Å². The maximum Gasteiger partial charge on any atom is 0.142 e. The Bertz CT molecular complexity index is 300. The molecule has 0 heterocycles. The molecule has 0 radical (unpaired) electrons. The van der Waals surface area contributed by atoms with Gasteiger partial charge in [0.25, 0.3) is 0 Å². The number of carbonyl (C=O) groups is 1. The zero-order valence-corrected chi connectivity index (χ0v) is 9.86. The molecule has 1 rings (SSSR count). The summed E-state index contributed by atoms with van der Waals surface area (Å²) in [5, 5.41) is 0. The molecule has 1 unspecified atom stereocenters. The Hall–Kier alpha value is -1.11. The molecule has 1 aliphatic rings. The van der Waals surface area contributed by atoms with Crippen molar-refractivity contribution in [3.8, 4) is 0 Å². The standard InChI is InChI=1S/C14H20O/c1-14(2,3)11-13-8-6-12(7-9-13)5-4-10-15/h4-6,8-10,12H,7,11H2,1-3H3/b5-4+. The van der Waals surface area contributed by atoms with E-state index in [-0.39, 0.29) is 0 Å². The quantitative estimate of drug-likeness (QED) is 0.506. The monoisotopic (exact) mass is 204 g/mol. The lowest BCUT2D eigenvalue weighted by atomic mass is 9.84. The van der Waals surface area contributed by atoms with Crippen LogP contribution >= 0.6 is 0 Å². The minimum atomic E-state index is 0.349. The fraction of sp³-hybridized carbons (Fsp3) is 0.500. The van der Waals surface area contributed by atoms with Crippen LogP contribution in [0.2, 0.25) is 0 Å². The van der Waals surface area contributed by atoms with Crippen molar-refractivity contribution in [2.24, 2.45) is 11.3 Å². The van der Waals surface area contributed by atoms with Crippen molar-refractivity contribution in [3.05, 3.63) is 36.0 Å². The molecule has 0 aromatic carbocycles. The summed E-state index contributed by atoms with van der Waals surface area (Å²) in [6.07, 6.45) is 13.2. The molecule has 0 N–H and O–H groups in total. The number of allylic oxidation sites excluding steroid dienone is 6. The molecule has 0 spiro atoms. The van der Waals surface area contributed by atoms with E-state index in [2.05, 4.69) is 39.0 Å². The van der Waals surface area contributed by atoms with Crippen LogP contribution in [-0.4, -0.2) is 6.29 Å². The first-order valence-corrected chi connectivity index (χ1v) is 5.50. The Morgan fingerprint density at radius 3 is 2.67 bits per heavy atom. The topological polar surface area (TPSA) is 17.1 Å². The van der Waals surface area contributed by atoms with E-state index in [0.717, 1.165) is 19.1 Å². The predicted molar refractivity (Wildman–Crippen MR) is 64.6 cm³/mol. The second kappa shape index (κ2) is 5.11. The number of aldehydes is 1. The largest absolute Gasteiger partial charge is 0.299 e. The molecule has 0 fully saturated rings. The molecule has 0 aromatic rings. The Morgan fingerprint density at radius 2 is 2.20 bits per heavy atom. The fourth-order valence-electron chi connectivity index (χ4n) is 1.76. The second-order valence-electron chi connectivity index (χ2n) is 5.30. The molecular formula is C14H20O. The zero-order chi connectivity index (χ0) is 11.3. The van der Waals surface area contributed by atoms with Crippen LogP contribution in [0.25, 0.3) is 0 Å². The third-order valence-electron chi connectivity index (χ3n) is 2.38. The number of hydrogen-bond donors (Lipinski definition) is 0. The zero-order valence-electron chi connectivity index (χ0n) is 9.86. The van der Waals surface area contributed by atoms with Crippen molar-refractivity contribution in [2.45, 2.75) is 33.6 Å². The highest BCUT2D eigenvalue weighted by Gasteiger charge is 2.13. The SMILES string of the molecule is CC(C)(C)CC1=CCC(/C=C/C=O)C=C1. The minimum absolute atomic E-state index is 0.349. The lowest BCUT2D eigenvalue weighted by Crippen LogP contribution is -2.07. The van der Waals surface area contributed by atoms with Crippen molar-refractivity contribution >= 4 is 6.29 Å². The van der Waals surface area contributed by atoms with Gasteiger partial charge in [0.2, 0.25) is 0 Å². The van der Waals surface area contributed by atoms with Gasteiger partial charge in [-0.15, -0.1) is 0 Å². The van der Waals surface area contributed by atoms with Gasteiger partial charge in [-0.25, -0.2) is 0 Å². The molecule has 1 heteroatoms. The molecule has 0 bridgehead atoms. The van der Waals surface area contributed by atoms with Crippen molar-refractivity contribution in [3.63, 3.8) is 0 Å². The first-order valence-electron chi connectivity index (χ1n) is 5.50. The van der Waals surface area contributed by atoms with Gasteiger partial charge < -0.3 is 0 Å². The van der Waals surface area contributed by atoms with Crippen LogP contribution in [0.4, 0.5) is 0 Å². The van der Waals surface area contributed by atoms with E-state index < -0.39 is 0 Å². The first-order chi connectivity index (χ1) is 7.01. The summed E-state index contributed by atoms with van der Waals surface area (Å²) in [7, 11) is 0. The predicted octanol–water partition coefficient (Wildman–Crippen LogP) is 3.68. The van der Waals surface area contributed by atoms with E-state index >= 15 is 0 Å². The maximum absolute atomic E-state index is 10.2. The average Bonchev–Trinajstić information content (AvgIpc) is 2.14. The van der Waals surface area contributed by atoms with Gasteiger partial charge in [-0.2, -0.15) is 0 Å². The average molecular weight is 204 g/mol. The van der Waals surface area contributed by atoms with Crippen molar-refractivity contribution in [1.29, 1.82) is 0 Å². The van der Waals surface area contributed by atoms with Crippen molar-refractivity contribution < 1.29 is 4.79 Å². The fourth-order valence-corrected chi connectivity index (χ4v) is 1.76. The molecular weight excluding hydrogens is 184 g/mol. The van der Waals surface area contributed by atoms with Gasteiger partial charge in [0.05, 0.1) is 0 Å². The Labute approximate surface area is 92.6 Å². The van der Waals surface area contributed by atoms with Gasteiger partial charge in [-0.3, -0.25) is 4.79 Å². The molecule has 0 aromatic heterocycles. The van der Waals surface area contributed by atoms with E-state index in [1.54, 1.807) is 6.08 Å². The van der Waals surface area contributed by atoms with Crippen LogP contribution < -0.4 is 0 Å². The summed E-state index contributed by atoms with van der Waals surface area (Å²) in [6, 6.07) is 0. The van der Waals surface area contributed by atoms with Gasteiger partial charge in [-0.1, -0.05) is 50.6 Å². The molecule has 15 heavy (non-hydrogen) atoms. The Balaban J connectivity index is 2.50. The van der Waals surface area contributed by atoms with Crippen molar-refractivity contribution in [1.82, 2.24) is 0 Å². The van der Waals surface area contributed by atoms with Crippen LogP contribution in [0.5, 0.6) is 0 Å². The van der Waals surface area contributed by atoms with E-state index in [0.29, 0.717) is 11.3 Å². The molecule has 0 saturated heterocycles. The van der Waals surface area contributed by atoms with Gasteiger partial charge in [0.15, 0.2) is 0 Å². The Kier molecular flexibility index (Phi) is 4.07. The van der Waals surface area contributed by atoms with Gasteiger partial charge in [-0.05, 0) is 30.3 Å². The van der Waals surface area contributed by atoms with Crippen LogP contribution in [-0.2, 0) is 4.79 Å². The highest BCUT2D eigenvalue weighted by molar-refractivity contribution is 5.64. The van der Waals surface area contributed by atoms with Gasteiger partial charge >= 0.3 is 0 Å². The van der Waals surface area contributed by atoms with Crippen LogP contribution in [0.1, 0.15) is 33.6 Å². The molecule has 1 nitrogen and oxygen atoms in total. The summed E-state index contributed by atoms with van der Waals surface area (Å²) in [6.45, 7) is 6.75. The normalized spacial score (nSPS) is 21.8. The first kappa shape index (κ1) is 12.0. The van der Waals surface area contributed by atoms with Crippen LogP contribution in [0.15, 0.2) is 36.0 Å². The molecule has 0 saturated carbocycles. The summed E-state index contributed by atoms with van der Waals surface area (Å²) >= 11 is 0. The number of hydrogen-bond acceptors (Lipinski definition) is 1. The lowest BCUT2D eigenvalue weighted by Gasteiger charge is -2.21. The van der Waals surface area contributed by atoms with Crippen LogP contribution in [0.3, 0.4) is 0 Å². The van der Waals surface area contributed by atoms with Crippen LogP contribution in [0, 0.1) is 11.3 Å².